The molecule has 1 N–H and O–H groups in total. The summed E-state index contributed by atoms with van der Waals surface area (Å²) in [5.74, 6) is 0. The largest absolute Gasteiger partial charge is 0.243 e. The summed E-state index contributed by atoms with van der Waals surface area (Å²) in [5.41, 5.74) is 1.00. The summed E-state index contributed by atoms with van der Waals surface area (Å²) in [5, 5.41) is 0. The SMILES string of the molecule is Cc1ccc(S(=O)(=O)N2CCCCC2CCNS(=O)(=O)c2ccccc2)cc1. The first kappa shape index (κ1) is 21.0. The first-order valence-corrected chi connectivity index (χ1v) is 12.4. The van der Waals surface area contributed by atoms with Gasteiger partial charge in [-0.1, -0.05) is 42.3 Å². The molecule has 1 unspecified atom stereocenters. The van der Waals surface area contributed by atoms with Gasteiger partial charge in [-0.25, -0.2) is 21.6 Å². The fourth-order valence-corrected chi connectivity index (χ4v) is 6.26. The Morgan fingerprint density at radius 1 is 0.929 bits per heavy atom. The van der Waals surface area contributed by atoms with Crippen LogP contribution in [0.3, 0.4) is 0 Å². The summed E-state index contributed by atoms with van der Waals surface area (Å²) in [4.78, 5) is 0.498. The number of aryl methyl sites for hydroxylation is 1. The number of rotatable bonds is 7. The van der Waals surface area contributed by atoms with Crippen LogP contribution in [-0.4, -0.2) is 40.3 Å². The molecule has 0 aliphatic carbocycles. The third-order valence-corrected chi connectivity index (χ3v) is 8.47. The van der Waals surface area contributed by atoms with E-state index in [1.807, 2.05) is 6.92 Å². The van der Waals surface area contributed by atoms with Crippen molar-refractivity contribution in [3.63, 3.8) is 0 Å². The van der Waals surface area contributed by atoms with Crippen LogP contribution in [0.4, 0.5) is 0 Å². The van der Waals surface area contributed by atoms with Crippen LogP contribution in [0, 0.1) is 6.92 Å². The van der Waals surface area contributed by atoms with Gasteiger partial charge in [0.2, 0.25) is 20.0 Å². The first-order valence-electron chi connectivity index (χ1n) is 9.44. The lowest BCUT2D eigenvalue weighted by Gasteiger charge is -2.34. The summed E-state index contributed by atoms with van der Waals surface area (Å²) >= 11 is 0. The van der Waals surface area contributed by atoms with Gasteiger partial charge in [0, 0.05) is 19.1 Å². The van der Waals surface area contributed by atoms with Gasteiger partial charge < -0.3 is 0 Å². The van der Waals surface area contributed by atoms with Crippen LogP contribution in [0.5, 0.6) is 0 Å². The van der Waals surface area contributed by atoms with Gasteiger partial charge in [0.1, 0.15) is 0 Å². The van der Waals surface area contributed by atoms with Gasteiger partial charge in [0.25, 0.3) is 0 Å². The lowest BCUT2D eigenvalue weighted by atomic mass is 10.0. The van der Waals surface area contributed by atoms with Crippen molar-refractivity contribution in [1.29, 1.82) is 0 Å². The Hall–Kier alpha value is -1.74. The van der Waals surface area contributed by atoms with Crippen molar-refractivity contribution in [3.8, 4) is 0 Å². The van der Waals surface area contributed by atoms with Crippen LogP contribution in [0.1, 0.15) is 31.2 Å². The quantitative estimate of drug-likeness (QED) is 0.744. The van der Waals surface area contributed by atoms with E-state index >= 15 is 0 Å². The molecule has 2 aromatic rings. The molecule has 0 bridgehead atoms. The maximum Gasteiger partial charge on any atom is 0.243 e. The van der Waals surface area contributed by atoms with E-state index in [0.29, 0.717) is 13.0 Å². The fourth-order valence-electron chi connectivity index (χ4n) is 3.47. The molecule has 28 heavy (non-hydrogen) atoms. The van der Waals surface area contributed by atoms with Crippen LogP contribution in [0.2, 0.25) is 0 Å². The summed E-state index contributed by atoms with van der Waals surface area (Å²) in [6.45, 7) is 2.58. The van der Waals surface area contributed by atoms with Crippen molar-refractivity contribution in [2.45, 2.75) is 48.4 Å². The number of piperidine rings is 1. The van der Waals surface area contributed by atoms with E-state index in [4.69, 9.17) is 0 Å². The molecule has 1 fully saturated rings. The third kappa shape index (κ3) is 4.81. The van der Waals surface area contributed by atoms with Crippen molar-refractivity contribution < 1.29 is 16.8 Å². The maximum atomic E-state index is 13.1. The monoisotopic (exact) mass is 422 g/mol. The van der Waals surface area contributed by atoms with E-state index in [1.165, 1.54) is 16.4 Å². The number of benzene rings is 2. The normalized spacial score (nSPS) is 18.8. The number of hydrogen-bond acceptors (Lipinski definition) is 4. The Morgan fingerprint density at radius 3 is 2.29 bits per heavy atom. The van der Waals surface area contributed by atoms with Crippen LogP contribution >= 0.6 is 0 Å². The molecule has 1 saturated heterocycles. The molecule has 6 nitrogen and oxygen atoms in total. The highest BCUT2D eigenvalue weighted by Gasteiger charge is 2.33. The van der Waals surface area contributed by atoms with E-state index in [-0.39, 0.29) is 22.4 Å². The van der Waals surface area contributed by atoms with Crippen molar-refractivity contribution in [1.82, 2.24) is 9.03 Å². The summed E-state index contributed by atoms with van der Waals surface area (Å²) in [6.07, 6.45) is 2.93. The minimum atomic E-state index is -3.59. The Labute approximate surface area is 167 Å². The summed E-state index contributed by atoms with van der Waals surface area (Å²) in [7, 11) is -7.18. The van der Waals surface area contributed by atoms with E-state index in [2.05, 4.69) is 4.72 Å². The lowest BCUT2D eigenvalue weighted by Crippen LogP contribution is -2.45. The van der Waals surface area contributed by atoms with Gasteiger partial charge in [-0.15, -0.1) is 0 Å². The average molecular weight is 423 g/mol. The molecule has 0 saturated carbocycles. The van der Waals surface area contributed by atoms with Crippen LogP contribution < -0.4 is 4.72 Å². The predicted octanol–water partition coefficient (Wildman–Crippen LogP) is 2.91. The van der Waals surface area contributed by atoms with Crippen molar-refractivity contribution >= 4 is 20.0 Å². The Morgan fingerprint density at radius 2 is 1.61 bits per heavy atom. The minimum Gasteiger partial charge on any atom is -0.211 e. The predicted molar refractivity (Wildman–Crippen MR) is 109 cm³/mol. The van der Waals surface area contributed by atoms with Crippen LogP contribution in [0.15, 0.2) is 64.4 Å². The number of hydrogen-bond donors (Lipinski definition) is 1. The zero-order valence-corrected chi connectivity index (χ0v) is 17.5. The smallest absolute Gasteiger partial charge is 0.211 e. The summed E-state index contributed by atoms with van der Waals surface area (Å²) < 4.78 is 55.0. The number of sulfonamides is 2. The molecule has 1 atom stereocenters. The van der Waals surface area contributed by atoms with Crippen molar-refractivity contribution in [3.05, 3.63) is 60.2 Å². The molecule has 1 aliphatic rings. The number of nitrogens with one attached hydrogen (secondary N) is 1. The fraction of sp³-hybridized carbons (Fsp3) is 0.400. The van der Waals surface area contributed by atoms with Gasteiger partial charge >= 0.3 is 0 Å². The van der Waals surface area contributed by atoms with Gasteiger partial charge in [0.05, 0.1) is 9.79 Å². The van der Waals surface area contributed by atoms with Crippen LogP contribution in [0.25, 0.3) is 0 Å². The molecular weight excluding hydrogens is 396 g/mol. The highest BCUT2D eigenvalue weighted by Crippen LogP contribution is 2.27. The Kier molecular flexibility index (Phi) is 6.54. The minimum absolute atomic E-state index is 0.196. The highest BCUT2D eigenvalue weighted by atomic mass is 32.2. The molecule has 2 aromatic carbocycles. The van der Waals surface area contributed by atoms with Gasteiger partial charge in [-0.3, -0.25) is 0 Å². The molecule has 1 aliphatic heterocycles. The standard InChI is InChI=1S/C20H26N2O4S2/c1-17-10-12-20(13-11-17)28(25,26)22-16-6-5-7-18(22)14-15-21-27(23,24)19-8-3-2-4-9-19/h2-4,8-13,18,21H,5-7,14-16H2,1H3. The van der Waals surface area contributed by atoms with E-state index < -0.39 is 20.0 Å². The molecule has 0 radical (unpaired) electrons. The lowest BCUT2D eigenvalue weighted by molar-refractivity contribution is 0.242. The maximum absolute atomic E-state index is 13.1. The molecular formula is C20H26N2O4S2. The average Bonchev–Trinajstić information content (AvgIpc) is 2.69. The zero-order valence-electron chi connectivity index (χ0n) is 15.9. The van der Waals surface area contributed by atoms with Gasteiger partial charge in [-0.05, 0) is 50.5 Å². The second kappa shape index (κ2) is 8.73. The second-order valence-corrected chi connectivity index (χ2v) is 10.7. The molecule has 0 spiro atoms. The molecule has 0 amide bonds. The van der Waals surface area contributed by atoms with Crippen molar-refractivity contribution in [2.24, 2.45) is 0 Å². The van der Waals surface area contributed by atoms with Gasteiger partial charge in [-0.2, -0.15) is 4.31 Å². The second-order valence-electron chi connectivity index (χ2n) is 7.08. The topological polar surface area (TPSA) is 83.6 Å². The zero-order chi connectivity index (χ0) is 20.2. The molecule has 152 valence electrons. The molecule has 0 aromatic heterocycles. The van der Waals surface area contributed by atoms with E-state index in [9.17, 15) is 16.8 Å². The number of nitrogens with zero attached hydrogens (tertiary/aromatic N) is 1. The molecule has 3 rings (SSSR count). The van der Waals surface area contributed by atoms with Crippen LogP contribution in [-0.2, 0) is 20.0 Å². The van der Waals surface area contributed by atoms with Gasteiger partial charge in [0.15, 0.2) is 0 Å². The molecule has 8 heteroatoms. The first-order chi connectivity index (χ1) is 13.3. The Bertz CT molecular complexity index is 988. The highest BCUT2D eigenvalue weighted by molar-refractivity contribution is 7.89. The third-order valence-electron chi connectivity index (χ3n) is 5.02. The van der Waals surface area contributed by atoms with E-state index in [0.717, 1.165) is 24.8 Å². The Balaban J connectivity index is 1.69. The van der Waals surface area contributed by atoms with E-state index in [1.54, 1.807) is 42.5 Å². The summed E-state index contributed by atoms with van der Waals surface area (Å²) in [6, 6.07) is 14.8. The molecule has 1 heterocycles. The van der Waals surface area contributed by atoms with Crippen molar-refractivity contribution in [2.75, 3.05) is 13.1 Å².